The standard InChI is InChI=1S/C21H24N4O2/c1-13-10-18(14(12-22)11-19(13)25(2)3)24-21(27)23-17-8-4-7-16-15(17)6-5-9-20(16)26/h5-6,9-11,17,26H,4,7-8H2,1-3H3,(H2,23,24,27). The zero-order valence-corrected chi connectivity index (χ0v) is 15.8. The topological polar surface area (TPSA) is 88.4 Å². The number of phenols is 1. The van der Waals surface area contributed by atoms with Crippen LogP contribution in [0.25, 0.3) is 0 Å². The molecule has 0 bridgehead atoms. The van der Waals surface area contributed by atoms with Gasteiger partial charge in [0.05, 0.1) is 17.3 Å². The molecule has 0 heterocycles. The molecular formula is C21H24N4O2. The third-order valence-corrected chi connectivity index (χ3v) is 4.97. The second-order valence-corrected chi connectivity index (χ2v) is 7.08. The van der Waals surface area contributed by atoms with Crippen molar-refractivity contribution in [3.63, 3.8) is 0 Å². The van der Waals surface area contributed by atoms with E-state index in [2.05, 4.69) is 16.7 Å². The van der Waals surface area contributed by atoms with Crippen LogP contribution in [0.4, 0.5) is 16.2 Å². The number of rotatable bonds is 3. The molecule has 2 amide bonds. The summed E-state index contributed by atoms with van der Waals surface area (Å²) in [4.78, 5) is 14.5. The number of nitrogens with one attached hydrogen (secondary N) is 2. The molecule has 3 rings (SSSR count). The molecule has 2 aromatic rings. The first-order chi connectivity index (χ1) is 12.9. The van der Waals surface area contributed by atoms with E-state index < -0.39 is 0 Å². The van der Waals surface area contributed by atoms with Gasteiger partial charge in [0.1, 0.15) is 11.8 Å². The summed E-state index contributed by atoms with van der Waals surface area (Å²) in [6.07, 6.45) is 2.52. The van der Waals surface area contributed by atoms with Crippen LogP contribution in [-0.4, -0.2) is 25.2 Å². The van der Waals surface area contributed by atoms with Crippen LogP contribution in [-0.2, 0) is 6.42 Å². The van der Waals surface area contributed by atoms with Crippen molar-refractivity contribution in [2.45, 2.75) is 32.2 Å². The molecule has 0 saturated heterocycles. The van der Waals surface area contributed by atoms with E-state index in [9.17, 15) is 15.2 Å². The molecule has 2 aromatic carbocycles. The van der Waals surface area contributed by atoms with E-state index in [0.29, 0.717) is 11.3 Å². The Morgan fingerprint density at radius 2 is 2.11 bits per heavy atom. The maximum Gasteiger partial charge on any atom is 0.319 e. The van der Waals surface area contributed by atoms with E-state index in [1.54, 1.807) is 18.2 Å². The maximum absolute atomic E-state index is 12.6. The van der Waals surface area contributed by atoms with E-state index in [-0.39, 0.29) is 17.8 Å². The highest BCUT2D eigenvalue weighted by atomic mass is 16.3. The molecule has 1 aliphatic rings. The Labute approximate surface area is 159 Å². The summed E-state index contributed by atoms with van der Waals surface area (Å²) in [6.45, 7) is 1.94. The van der Waals surface area contributed by atoms with Gasteiger partial charge in [0.25, 0.3) is 0 Å². The fourth-order valence-corrected chi connectivity index (χ4v) is 3.67. The summed E-state index contributed by atoms with van der Waals surface area (Å²) < 4.78 is 0. The highest BCUT2D eigenvalue weighted by molar-refractivity contribution is 5.92. The molecule has 0 spiro atoms. The summed E-state index contributed by atoms with van der Waals surface area (Å²) in [5.74, 6) is 0.279. The molecule has 6 heteroatoms. The summed E-state index contributed by atoms with van der Waals surface area (Å²) >= 11 is 0. The lowest BCUT2D eigenvalue weighted by Gasteiger charge is -2.27. The van der Waals surface area contributed by atoms with Crippen LogP contribution >= 0.6 is 0 Å². The Kier molecular flexibility index (Phi) is 5.22. The molecule has 0 aromatic heterocycles. The predicted octanol–water partition coefficient (Wildman–Crippen LogP) is 3.84. The number of carbonyl (C=O) groups excluding carboxylic acids is 1. The number of carbonyl (C=O) groups is 1. The number of anilines is 2. The van der Waals surface area contributed by atoms with Crippen molar-refractivity contribution >= 4 is 17.4 Å². The van der Waals surface area contributed by atoms with E-state index >= 15 is 0 Å². The average Bonchev–Trinajstić information content (AvgIpc) is 2.62. The van der Waals surface area contributed by atoms with Gasteiger partial charge in [-0.3, -0.25) is 0 Å². The first kappa shape index (κ1) is 18.6. The van der Waals surface area contributed by atoms with Gasteiger partial charge < -0.3 is 20.6 Å². The molecular weight excluding hydrogens is 340 g/mol. The van der Waals surface area contributed by atoms with Crippen LogP contribution in [0.1, 0.15) is 41.1 Å². The molecule has 0 aliphatic heterocycles. The number of benzene rings is 2. The number of aryl methyl sites for hydroxylation is 1. The van der Waals surface area contributed by atoms with Crippen molar-refractivity contribution in [3.05, 3.63) is 52.6 Å². The number of nitrogens with zero attached hydrogens (tertiary/aromatic N) is 2. The minimum absolute atomic E-state index is 0.159. The van der Waals surface area contributed by atoms with E-state index in [1.807, 2.05) is 38.1 Å². The van der Waals surface area contributed by atoms with Crippen LogP contribution in [0.15, 0.2) is 30.3 Å². The van der Waals surface area contributed by atoms with Gasteiger partial charge in [-0.25, -0.2) is 4.79 Å². The smallest absolute Gasteiger partial charge is 0.319 e. The first-order valence-corrected chi connectivity index (χ1v) is 9.01. The van der Waals surface area contributed by atoms with Crippen LogP contribution in [0, 0.1) is 18.3 Å². The SMILES string of the molecule is Cc1cc(NC(=O)NC2CCCc3c(O)cccc32)c(C#N)cc1N(C)C. The molecule has 3 N–H and O–H groups in total. The zero-order valence-electron chi connectivity index (χ0n) is 15.8. The first-order valence-electron chi connectivity index (χ1n) is 9.01. The Morgan fingerprint density at radius 3 is 2.81 bits per heavy atom. The minimum atomic E-state index is -0.357. The number of phenolic OH excluding ortho intramolecular Hbond substituents is 1. The van der Waals surface area contributed by atoms with Crippen molar-refractivity contribution in [1.29, 1.82) is 5.26 Å². The lowest BCUT2D eigenvalue weighted by molar-refractivity contribution is 0.247. The number of hydrogen-bond donors (Lipinski definition) is 3. The van der Waals surface area contributed by atoms with Gasteiger partial charge in [-0.1, -0.05) is 12.1 Å². The second-order valence-electron chi connectivity index (χ2n) is 7.08. The monoisotopic (exact) mass is 364 g/mol. The lowest BCUT2D eigenvalue weighted by Crippen LogP contribution is -2.34. The molecule has 27 heavy (non-hydrogen) atoms. The number of hydrogen-bond acceptors (Lipinski definition) is 4. The molecule has 1 aliphatic carbocycles. The Balaban J connectivity index is 1.79. The van der Waals surface area contributed by atoms with Crippen molar-refractivity contribution in [3.8, 4) is 11.8 Å². The van der Waals surface area contributed by atoms with Gasteiger partial charge in [-0.15, -0.1) is 0 Å². The average molecular weight is 364 g/mol. The largest absolute Gasteiger partial charge is 0.508 e. The molecule has 0 radical (unpaired) electrons. The van der Waals surface area contributed by atoms with Gasteiger partial charge >= 0.3 is 6.03 Å². The fourth-order valence-electron chi connectivity index (χ4n) is 3.67. The number of aromatic hydroxyl groups is 1. The third-order valence-electron chi connectivity index (χ3n) is 4.97. The fraction of sp³-hybridized carbons (Fsp3) is 0.333. The maximum atomic E-state index is 12.6. The van der Waals surface area contributed by atoms with Crippen molar-refractivity contribution in [2.75, 3.05) is 24.3 Å². The van der Waals surface area contributed by atoms with Crippen LogP contribution in [0.5, 0.6) is 5.75 Å². The summed E-state index contributed by atoms with van der Waals surface area (Å²) in [7, 11) is 3.83. The lowest BCUT2D eigenvalue weighted by atomic mass is 9.87. The number of fused-ring (bicyclic) bond motifs is 1. The molecule has 6 nitrogen and oxygen atoms in total. The minimum Gasteiger partial charge on any atom is -0.508 e. The Morgan fingerprint density at radius 1 is 1.33 bits per heavy atom. The Hall–Kier alpha value is -3.20. The highest BCUT2D eigenvalue weighted by Crippen LogP contribution is 2.34. The van der Waals surface area contributed by atoms with Crippen LogP contribution < -0.4 is 15.5 Å². The normalized spacial score (nSPS) is 15.4. The van der Waals surface area contributed by atoms with Gasteiger partial charge in [0.15, 0.2) is 0 Å². The Bertz CT molecular complexity index is 915. The van der Waals surface area contributed by atoms with E-state index in [4.69, 9.17) is 0 Å². The molecule has 1 unspecified atom stereocenters. The second kappa shape index (κ2) is 7.58. The molecule has 0 fully saturated rings. The highest BCUT2D eigenvalue weighted by Gasteiger charge is 2.24. The summed E-state index contributed by atoms with van der Waals surface area (Å²) in [5, 5.41) is 25.3. The third kappa shape index (κ3) is 3.82. The summed E-state index contributed by atoms with van der Waals surface area (Å²) in [5.41, 5.74) is 4.68. The number of amides is 2. The van der Waals surface area contributed by atoms with Crippen molar-refractivity contribution in [1.82, 2.24) is 5.32 Å². The van der Waals surface area contributed by atoms with Crippen LogP contribution in [0.2, 0.25) is 0 Å². The van der Waals surface area contributed by atoms with Gasteiger partial charge in [0.2, 0.25) is 0 Å². The van der Waals surface area contributed by atoms with Crippen molar-refractivity contribution < 1.29 is 9.90 Å². The molecule has 140 valence electrons. The number of urea groups is 1. The number of nitriles is 1. The molecule has 0 saturated carbocycles. The molecule has 1 atom stereocenters. The van der Waals surface area contributed by atoms with Crippen molar-refractivity contribution in [2.24, 2.45) is 0 Å². The van der Waals surface area contributed by atoms with E-state index in [1.165, 1.54) is 0 Å². The quantitative estimate of drug-likeness (QED) is 0.772. The summed E-state index contributed by atoms with van der Waals surface area (Å²) in [6, 6.07) is 10.6. The van der Waals surface area contributed by atoms with Crippen LogP contribution in [0.3, 0.4) is 0 Å². The van der Waals surface area contributed by atoms with E-state index in [0.717, 1.165) is 41.6 Å². The van der Waals surface area contributed by atoms with Gasteiger partial charge in [-0.05, 0) is 61.1 Å². The predicted molar refractivity (Wildman–Crippen MR) is 106 cm³/mol. The van der Waals surface area contributed by atoms with Gasteiger partial charge in [-0.2, -0.15) is 5.26 Å². The van der Waals surface area contributed by atoms with Gasteiger partial charge in [0, 0.05) is 19.8 Å². The zero-order chi connectivity index (χ0) is 19.6.